The molecule has 0 aromatic heterocycles. The van der Waals surface area contributed by atoms with E-state index in [0.29, 0.717) is 5.56 Å². The summed E-state index contributed by atoms with van der Waals surface area (Å²) in [5.74, 6) is -0.0584. The van der Waals surface area contributed by atoms with E-state index in [1.165, 1.54) is 36.4 Å². The van der Waals surface area contributed by atoms with Gasteiger partial charge in [0, 0.05) is 24.7 Å². The van der Waals surface area contributed by atoms with Crippen LogP contribution in [0.2, 0.25) is 0 Å². The first-order chi connectivity index (χ1) is 15.0. The molecule has 31 heavy (non-hydrogen) atoms. The van der Waals surface area contributed by atoms with Gasteiger partial charge in [-0.15, -0.1) is 6.58 Å². The van der Waals surface area contributed by atoms with Gasteiger partial charge in [0.05, 0.1) is 4.90 Å². The fourth-order valence-corrected chi connectivity index (χ4v) is 5.39. The van der Waals surface area contributed by atoms with Gasteiger partial charge in [-0.1, -0.05) is 68.5 Å². The van der Waals surface area contributed by atoms with E-state index < -0.39 is 10.0 Å². The molecule has 0 aliphatic heterocycles. The lowest BCUT2D eigenvalue weighted by Gasteiger charge is -2.22. The second-order valence-electron chi connectivity index (χ2n) is 8.11. The minimum absolute atomic E-state index is 0.0584. The van der Waals surface area contributed by atoms with Crippen molar-refractivity contribution >= 4 is 15.9 Å². The molecule has 1 amide bonds. The molecule has 6 heteroatoms. The summed E-state index contributed by atoms with van der Waals surface area (Å²) in [6, 6.07) is 15.8. The molecule has 1 aliphatic rings. The van der Waals surface area contributed by atoms with Crippen LogP contribution in [0.15, 0.2) is 72.1 Å². The Bertz CT molecular complexity index is 948. The number of carbonyl (C=O) groups excluding carboxylic acids is 1. The van der Waals surface area contributed by atoms with Crippen LogP contribution in [0.5, 0.6) is 0 Å². The number of nitrogens with zero attached hydrogens (tertiary/aromatic N) is 1. The summed E-state index contributed by atoms with van der Waals surface area (Å²) >= 11 is 0. The zero-order chi connectivity index (χ0) is 22.1. The van der Waals surface area contributed by atoms with Crippen molar-refractivity contribution < 1.29 is 13.2 Å². The van der Waals surface area contributed by atoms with Crippen LogP contribution in [0.1, 0.15) is 60.9 Å². The molecule has 1 fully saturated rings. The molecule has 1 saturated carbocycles. The van der Waals surface area contributed by atoms with Crippen LogP contribution < -0.4 is 5.32 Å². The highest BCUT2D eigenvalue weighted by atomic mass is 32.2. The molecule has 0 radical (unpaired) electrons. The van der Waals surface area contributed by atoms with Crippen molar-refractivity contribution in [1.29, 1.82) is 0 Å². The van der Waals surface area contributed by atoms with Gasteiger partial charge in [0.1, 0.15) is 0 Å². The largest absolute Gasteiger partial charge is 0.349 e. The van der Waals surface area contributed by atoms with Gasteiger partial charge in [-0.2, -0.15) is 4.31 Å². The van der Waals surface area contributed by atoms with Gasteiger partial charge in [-0.05, 0) is 42.7 Å². The van der Waals surface area contributed by atoms with Gasteiger partial charge in [0.15, 0.2) is 0 Å². The van der Waals surface area contributed by atoms with E-state index in [4.69, 9.17) is 0 Å². The molecular weight excluding hydrogens is 408 g/mol. The Kier molecular flexibility index (Phi) is 8.43. The second-order valence-corrected chi connectivity index (χ2v) is 10.0. The molecule has 0 bridgehead atoms. The molecule has 2 aromatic carbocycles. The first kappa shape index (κ1) is 23.2. The molecule has 0 spiro atoms. The van der Waals surface area contributed by atoms with Crippen molar-refractivity contribution in [3.8, 4) is 0 Å². The number of hydrogen-bond donors (Lipinski definition) is 1. The van der Waals surface area contributed by atoms with Crippen LogP contribution in [-0.2, 0) is 16.6 Å². The summed E-state index contributed by atoms with van der Waals surface area (Å²) in [6.45, 7) is 4.12. The maximum Gasteiger partial charge on any atom is 0.251 e. The average molecular weight is 441 g/mol. The van der Waals surface area contributed by atoms with Crippen LogP contribution >= 0.6 is 0 Å². The van der Waals surface area contributed by atoms with E-state index >= 15 is 0 Å². The molecule has 5 nitrogen and oxygen atoms in total. The Hall–Kier alpha value is -2.44. The molecule has 0 heterocycles. The lowest BCUT2D eigenvalue weighted by Crippen LogP contribution is -2.35. The van der Waals surface area contributed by atoms with Crippen LogP contribution in [0.4, 0.5) is 0 Å². The number of rotatable bonds is 8. The first-order valence-corrected chi connectivity index (χ1v) is 12.5. The summed E-state index contributed by atoms with van der Waals surface area (Å²) in [5.41, 5.74) is 1.43. The van der Waals surface area contributed by atoms with E-state index in [1.807, 2.05) is 12.1 Å². The van der Waals surface area contributed by atoms with E-state index in [2.05, 4.69) is 11.9 Å². The number of sulfonamides is 1. The third kappa shape index (κ3) is 6.52. The van der Waals surface area contributed by atoms with Gasteiger partial charge >= 0.3 is 0 Å². The number of benzene rings is 2. The maximum atomic E-state index is 13.0. The summed E-state index contributed by atoms with van der Waals surface area (Å²) < 4.78 is 27.4. The van der Waals surface area contributed by atoms with Crippen LogP contribution in [0.25, 0.3) is 0 Å². The lowest BCUT2D eigenvalue weighted by atomic mass is 9.96. The Balaban J connectivity index is 1.66. The molecule has 1 N–H and O–H groups in total. The van der Waals surface area contributed by atoms with Crippen molar-refractivity contribution in [2.75, 3.05) is 6.54 Å². The van der Waals surface area contributed by atoms with Crippen molar-refractivity contribution in [2.24, 2.45) is 0 Å². The number of nitrogens with one attached hydrogen (secondary N) is 1. The van der Waals surface area contributed by atoms with Crippen LogP contribution in [-0.4, -0.2) is 31.2 Å². The van der Waals surface area contributed by atoms with E-state index in [-0.39, 0.29) is 29.9 Å². The first-order valence-electron chi connectivity index (χ1n) is 11.1. The predicted octanol–water partition coefficient (Wildman–Crippen LogP) is 4.91. The Morgan fingerprint density at radius 1 is 0.968 bits per heavy atom. The molecule has 1 aliphatic carbocycles. The smallest absolute Gasteiger partial charge is 0.251 e. The van der Waals surface area contributed by atoms with Crippen molar-refractivity contribution in [3.05, 3.63) is 78.4 Å². The zero-order valence-corrected chi connectivity index (χ0v) is 18.8. The van der Waals surface area contributed by atoms with Crippen molar-refractivity contribution in [2.45, 2.75) is 62.4 Å². The summed E-state index contributed by atoms with van der Waals surface area (Å²) in [6.07, 6.45) is 9.78. The molecule has 2 aromatic rings. The summed E-state index contributed by atoms with van der Waals surface area (Å²) in [5, 5.41) is 3.17. The monoisotopic (exact) mass is 440 g/mol. The Morgan fingerprint density at radius 2 is 1.58 bits per heavy atom. The van der Waals surface area contributed by atoms with Gasteiger partial charge in [0.2, 0.25) is 10.0 Å². The third-order valence-corrected chi connectivity index (χ3v) is 7.56. The highest BCUT2D eigenvalue weighted by molar-refractivity contribution is 7.89. The Labute approximate surface area is 186 Å². The minimum Gasteiger partial charge on any atom is -0.349 e. The predicted molar refractivity (Wildman–Crippen MR) is 124 cm³/mol. The van der Waals surface area contributed by atoms with Gasteiger partial charge in [-0.3, -0.25) is 4.79 Å². The van der Waals surface area contributed by atoms with Gasteiger partial charge in [-0.25, -0.2) is 8.42 Å². The van der Waals surface area contributed by atoms with Crippen molar-refractivity contribution in [3.63, 3.8) is 0 Å². The Morgan fingerprint density at radius 3 is 2.19 bits per heavy atom. The maximum absolute atomic E-state index is 13.0. The van der Waals surface area contributed by atoms with Gasteiger partial charge < -0.3 is 5.32 Å². The quantitative estimate of drug-likeness (QED) is 0.593. The van der Waals surface area contributed by atoms with E-state index in [1.54, 1.807) is 48.5 Å². The second kappa shape index (κ2) is 11.3. The SMILES string of the molecule is C=CCN(Cc1ccc(C(=O)NC2CCCCCCC2)cc1)S(=O)(=O)c1ccccc1. The minimum atomic E-state index is -3.63. The van der Waals surface area contributed by atoms with Crippen LogP contribution in [0.3, 0.4) is 0 Å². The summed E-state index contributed by atoms with van der Waals surface area (Å²) in [4.78, 5) is 12.9. The zero-order valence-electron chi connectivity index (χ0n) is 18.0. The standard InChI is InChI=1S/C25H32N2O3S/c1-2-19-27(31(29,30)24-13-9-6-10-14-24)20-21-15-17-22(18-16-21)25(28)26-23-11-7-4-3-5-8-12-23/h2,6,9-10,13-18,23H,1,3-5,7-8,11-12,19-20H2,(H,26,28). The average Bonchev–Trinajstić information content (AvgIpc) is 2.76. The fourth-order valence-electron chi connectivity index (χ4n) is 3.97. The van der Waals surface area contributed by atoms with E-state index in [0.717, 1.165) is 18.4 Å². The molecule has 3 rings (SSSR count). The molecular formula is C25H32N2O3S. The molecule has 166 valence electrons. The normalized spacial score (nSPS) is 15.8. The highest BCUT2D eigenvalue weighted by Gasteiger charge is 2.23. The lowest BCUT2D eigenvalue weighted by molar-refractivity contribution is 0.0930. The van der Waals surface area contributed by atoms with E-state index in [9.17, 15) is 13.2 Å². The highest BCUT2D eigenvalue weighted by Crippen LogP contribution is 2.20. The van der Waals surface area contributed by atoms with Crippen LogP contribution in [0, 0.1) is 0 Å². The van der Waals surface area contributed by atoms with Crippen molar-refractivity contribution in [1.82, 2.24) is 9.62 Å². The van der Waals surface area contributed by atoms with Gasteiger partial charge in [0.25, 0.3) is 5.91 Å². The number of carbonyl (C=O) groups is 1. The summed E-state index contributed by atoms with van der Waals surface area (Å²) in [7, 11) is -3.63. The number of hydrogen-bond acceptors (Lipinski definition) is 3. The topological polar surface area (TPSA) is 66.5 Å². The number of amides is 1. The molecule has 0 atom stereocenters. The fraction of sp³-hybridized carbons (Fsp3) is 0.400. The molecule has 0 unspecified atom stereocenters. The third-order valence-electron chi connectivity index (χ3n) is 5.73. The molecule has 0 saturated heterocycles.